The Hall–Kier alpha value is -1.32. The van der Waals surface area contributed by atoms with Crippen LogP contribution in [-0.4, -0.2) is 23.6 Å². The highest BCUT2D eigenvalue weighted by atomic mass is 16.5. The van der Waals surface area contributed by atoms with Gasteiger partial charge in [-0.15, -0.1) is 0 Å². The van der Waals surface area contributed by atoms with Crippen molar-refractivity contribution < 1.29 is 4.74 Å². The van der Waals surface area contributed by atoms with Crippen molar-refractivity contribution in [3.8, 4) is 5.88 Å². The summed E-state index contributed by atoms with van der Waals surface area (Å²) in [6.07, 6.45) is 3.15. The second-order valence-electron chi connectivity index (χ2n) is 1.98. The summed E-state index contributed by atoms with van der Waals surface area (Å²) in [5.74, 6) is 0.585. The van der Waals surface area contributed by atoms with E-state index < -0.39 is 0 Å². The molecule has 1 rings (SSSR count). The second kappa shape index (κ2) is 3.75. The first-order valence-electron chi connectivity index (χ1n) is 3.46. The van der Waals surface area contributed by atoms with Crippen LogP contribution in [0, 0.1) is 0 Å². The van der Waals surface area contributed by atoms with Crippen molar-refractivity contribution in [2.45, 2.75) is 6.92 Å². The predicted molar refractivity (Wildman–Crippen MR) is 42.7 cm³/mol. The molecule has 0 saturated heterocycles. The molecule has 0 aliphatic carbocycles. The molecule has 1 aromatic rings. The molecule has 0 saturated carbocycles. The number of hydrogen-bond acceptors (Lipinski definition) is 4. The first-order valence-corrected chi connectivity index (χ1v) is 3.46. The molecule has 4 nitrogen and oxygen atoms in total. The zero-order valence-electron chi connectivity index (χ0n) is 6.66. The minimum absolute atomic E-state index is 0.585. The van der Waals surface area contributed by atoms with Crippen molar-refractivity contribution in [1.82, 2.24) is 9.97 Å². The molecule has 0 unspecified atom stereocenters. The molecule has 0 atom stereocenters. The molecule has 1 aromatic heterocycles. The summed E-state index contributed by atoms with van der Waals surface area (Å²) < 4.78 is 4.98. The highest BCUT2D eigenvalue weighted by Gasteiger charge is 1.99. The van der Waals surface area contributed by atoms with E-state index in [1.165, 1.54) is 6.33 Å². The molecule has 0 bridgehead atoms. The van der Waals surface area contributed by atoms with E-state index in [0.29, 0.717) is 5.88 Å². The number of hydrogen-bond donors (Lipinski definition) is 1. The second-order valence-corrected chi connectivity index (χ2v) is 1.98. The largest absolute Gasteiger partial charge is 0.479 e. The van der Waals surface area contributed by atoms with Gasteiger partial charge in [-0.3, -0.25) is 0 Å². The van der Waals surface area contributed by atoms with Gasteiger partial charge in [-0.25, -0.2) is 9.97 Å². The van der Waals surface area contributed by atoms with Gasteiger partial charge >= 0.3 is 0 Å². The molecule has 0 fully saturated rings. The molecule has 0 aliphatic heterocycles. The van der Waals surface area contributed by atoms with Crippen LogP contribution in [-0.2, 0) is 0 Å². The van der Waals surface area contributed by atoms with Gasteiger partial charge in [-0.1, -0.05) is 0 Å². The molecule has 4 heteroatoms. The lowest BCUT2D eigenvalue weighted by molar-refractivity contribution is 0.398. The Morgan fingerprint density at radius 2 is 2.45 bits per heavy atom. The molecule has 60 valence electrons. The van der Waals surface area contributed by atoms with Gasteiger partial charge in [0.2, 0.25) is 5.88 Å². The molecule has 0 amide bonds. The van der Waals surface area contributed by atoms with E-state index in [1.54, 1.807) is 13.3 Å². The van der Waals surface area contributed by atoms with E-state index in [1.807, 2.05) is 6.92 Å². The third-order valence-electron chi connectivity index (χ3n) is 1.24. The smallest absolute Gasteiger partial charge is 0.240 e. The molecule has 11 heavy (non-hydrogen) atoms. The summed E-state index contributed by atoms with van der Waals surface area (Å²) >= 11 is 0. The lowest BCUT2D eigenvalue weighted by Crippen LogP contribution is -2.01. The Kier molecular flexibility index (Phi) is 2.66. The molecule has 0 radical (unpaired) electrons. The van der Waals surface area contributed by atoms with E-state index in [-0.39, 0.29) is 0 Å². The maximum atomic E-state index is 4.98. The normalized spacial score (nSPS) is 9.27. The van der Waals surface area contributed by atoms with Crippen molar-refractivity contribution in [3.63, 3.8) is 0 Å². The number of ether oxygens (including phenoxy) is 1. The lowest BCUT2D eigenvalue weighted by Gasteiger charge is -2.05. The third kappa shape index (κ3) is 1.80. The number of anilines is 1. The van der Waals surface area contributed by atoms with Crippen LogP contribution in [0.15, 0.2) is 12.5 Å². The fourth-order valence-electron chi connectivity index (χ4n) is 0.793. The molecule has 1 heterocycles. The van der Waals surface area contributed by atoms with Crippen LogP contribution in [0.3, 0.4) is 0 Å². The van der Waals surface area contributed by atoms with Gasteiger partial charge in [-0.05, 0) is 6.92 Å². The van der Waals surface area contributed by atoms with E-state index in [9.17, 15) is 0 Å². The average molecular weight is 153 g/mol. The fraction of sp³-hybridized carbons (Fsp3) is 0.429. The topological polar surface area (TPSA) is 47.0 Å². The van der Waals surface area contributed by atoms with E-state index >= 15 is 0 Å². The first kappa shape index (κ1) is 7.78. The molecule has 0 aliphatic rings. The van der Waals surface area contributed by atoms with E-state index in [0.717, 1.165) is 12.2 Å². The standard InChI is InChI=1S/C7H11N3O/c1-3-9-6-4-8-5-10-7(6)11-2/h4-5,9H,3H2,1-2H3. The Labute approximate surface area is 65.6 Å². The van der Waals surface area contributed by atoms with Gasteiger partial charge in [0.15, 0.2) is 0 Å². The Morgan fingerprint density at radius 3 is 3.09 bits per heavy atom. The van der Waals surface area contributed by atoms with Gasteiger partial charge < -0.3 is 10.1 Å². The van der Waals surface area contributed by atoms with Gasteiger partial charge in [0.25, 0.3) is 0 Å². The summed E-state index contributed by atoms with van der Waals surface area (Å²) in [4.78, 5) is 7.78. The number of rotatable bonds is 3. The number of nitrogens with one attached hydrogen (secondary N) is 1. The van der Waals surface area contributed by atoms with E-state index in [4.69, 9.17) is 4.74 Å². The molecular weight excluding hydrogens is 142 g/mol. The zero-order valence-corrected chi connectivity index (χ0v) is 6.66. The van der Waals surface area contributed by atoms with Gasteiger partial charge in [0, 0.05) is 6.54 Å². The minimum atomic E-state index is 0.585. The van der Waals surface area contributed by atoms with Crippen LogP contribution in [0.4, 0.5) is 5.69 Å². The molecular formula is C7H11N3O. The van der Waals surface area contributed by atoms with Crippen LogP contribution in [0.2, 0.25) is 0 Å². The number of nitrogens with zero attached hydrogens (tertiary/aromatic N) is 2. The van der Waals surface area contributed by atoms with Crippen LogP contribution in [0.25, 0.3) is 0 Å². The number of methoxy groups -OCH3 is 1. The maximum Gasteiger partial charge on any atom is 0.240 e. The van der Waals surface area contributed by atoms with Crippen molar-refractivity contribution in [3.05, 3.63) is 12.5 Å². The monoisotopic (exact) mass is 153 g/mol. The third-order valence-corrected chi connectivity index (χ3v) is 1.24. The molecule has 0 spiro atoms. The zero-order chi connectivity index (χ0) is 8.10. The van der Waals surface area contributed by atoms with Crippen molar-refractivity contribution in [1.29, 1.82) is 0 Å². The fourth-order valence-corrected chi connectivity index (χ4v) is 0.793. The summed E-state index contributed by atoms with van der Waals surface area (Å²) in [7, 11) is 1.59. The van der Waals surface area contributed by atoms with Crippen molar-refractivity contribution in [2.75, 3.05) is 19.0 Å². The average Bonchev–Trinajstić information content (AvgIpc) is 2.06. The van der Waals surface area contributed by atoms with Crippen LogP contribution < -0.4 is 10.1 Å². The Morgan fingerprint density at radius 1 is 1.64 bits per heavy atom. The quantitative estimate of drug-likeness (QED) is 0.701. The highest BCUT2D eigenvalue weighted by Crippen LogP contribution is 2.17. The Balaban J connectivity index is 2.83. The van der Waals surface area contributed by atoms with Gasteiger partial charge in [0.05, 0.1) is 13.3 Å². The lowest BCUT2D eigenvalue weighted by atomic mass is 10.5. The summed E-state index contributed by atoms with van der Waals surface area (Å²) in [5, 5.41) is 3.08. The predicted octanol–water partition coefficient (Wildman–Crippen LogP) is 0.917. The Bertz CT molecular complexity index is 227. The van der Waals surface area contributed by atoms with E-state index in [2.05, 4.69) is 15.3 Å². The van der Waals surface area contributed by atoms with Crippen LogP contribution in [0.1, 0.15) is 6.92 Å². The SMILES string of the molecule is CCNc1cncnc1OC. The maximum absolute atomic E-state index is 4.98. The summed E-state index contributed by atoms with van der Waals surface area (Å²) in [5.41, 5.74) is 0.831. The summed E-state index contributed by atoms with van der Waals surface area (Å²) in [6.45, 7) is 2.84. The molecule has 1 N–H and O–H groups in total. The minimum Gasteiger partial charge on any atom is -0.479 e. The van der Waals surface area contributed by atoms with Gasteiger partial charge in [-0.2, -0.15) is 0 Å². The molecule has 0 aromatic carbocycles. The van der Waals surface area contributed by atoms with Crippen molar-refractivity contribution in [2.24, 2.45) is 0 Å². The summed E-state index contributed by atoms with van der Waals surface area (Å²) in [6, 6.07) is 0. The van der Waals surface area contributed by atoms with Crippen molar-refractivity contribution >= 4 is 5.69 Å². The van der Waals surface area contributed by atoms with Crippen LogP contribution >= 0.6 is 0 Å². The van der Waals surface area contributed by atoms with Gasteiger partial charge in [0.1, 0.15) is 12.0 Å². The highest BCUT2D eigenvalue weighted by molar-refractivity contribution is 5.49. The number of aromatic nitrogens is 2. The van der Waals surface area contributed by atoms with Crippen LogP contribution in [0.5, 0.6) is 5.88 Å². The first-order chi connectivity index (χ1) is 5.38.